The lowest BCUT2D eigenvalue weighted by Crippen LogP contribution is -2.51. The predicted molar refractivity (Wildman–Crippen MR) is 117 cm³/mol. The Hall–Kier alpha value is -2.37. The molecule has 2 aromatic rings. The lowest BCUT2D eigenvalue weighted by molar-refractivity contribution is -0.138. The van der Waals surface area contributed by atoms with Crippen molar-refractivity contribution in [2.75, 3.05) is 33.5 Å². The maximum absolute atomic E-state index is 13.3. The molecule has 5 nitrogen and oxygen atoms in total. The molecule has 2 aliphatic heterocycles. The quantitative estimate of drug-likeness (QED) is 0.784. The maximum Gasteiger partial charge on any atom is 0.227 e. The summed E-state index contributed by atoms with van der Waals surface area (Å²) in [5.74, 6) is 1.01. The summed E-state index contributed by atoms with van der Waals surface area (Å²) in [7, 11) is 1.69. The Morgan fingerprint density at radius 2 is 1.83 bits per heavy atom. The summed E-state index contributed by atoms with van der Waals surface area (Å²) in [5.41, 5.74) is 2.94. The Bertz CT molecular complexity index is 836. The van der Waals surface area contributed by atoms with Crippen LogP contribution in [0, 0.1) is 5.41 Å². The monoisotopic (exact) mass is 409 g/mol. The number of nitrogens with one attached hydrogen (secondary N) is 1. The van der Waals surface area contributed by atoms with Gasteiger partial charge in [0.1, 0.15) is 5.75 Å². The first kappa shape index (κ1) is 20.9. The zero-order valence-corrected chi connectivity index (χ0v) is 17.7. The standard InChI is InChI=1S/C25H31NO4/c1-28-23-7-3-2-6-22(23)20-10-8-19(9-11-20)17-25(12-15-29-16-13-25)24(27)26-21-5-4-14-30-18-21/h2-3,6-11,21H,4-5,12-18H2,1H3,(H,26,27)/t21-/m0/s1. The molecule has 160 valence electrons. The van der Waals surface area contributed by atoms with Crippen LogP contribution >= 0.6 is 0 Å². The number of ether oxygens (including phenoxy) is 3. The summed E-state index contributed by atoms with van der Waals surface area (Å²) in [6.07, 6.45) is 4.22. The van der Waals surface area contributed by atoms with Gasteiger partial charge in [-0.3, -0.25) is 4.79 Å². The summed E-state index contributed by atoms with van der Waals surface area (Å²) in [5, 5.41) is 3.27. The van der Waals surface area contributed by atoms with Crippen LogP contribution in [0.1, 0.15) is 31.2 Å². The Kier molecular flexibility index (Phi) is 6.70. The maximum atomic E-state index is 13.3. The molecule has 2 aromatic carbocycles. The van der Waals surface area contributed by atoms with Gasteiger partial charge >= 0.3 is 0 Å². The van der Waals surface area contributed by atoms with E-state index in [0.29, 0.717) is 19.8 Å². The van der Waals surface area contributed by atoms with Crippen molar-refractivity contribution in [3.63, 3.8) is 0 Å². The number of hydrogen-bond acceptors (Lipinski definition) is 4. The molecule has 0 saturated carbocycles. The molecular weight excluding hydrogens is 378 g/mol. The van der Waals surface area contributed by atoms with Crippen molar-refractivity contribution >= 4 is 5.91 Å². The average molecular weight is 410 g/mol. The van der Waals surface area contributed by atoms with E-state index >= 15 is 0 Å². The van der Waals surface area contributed by atoms with Crippen LogP contribution in [0.3, 0.4) is 0 Å². The van der Waals surface area contributed by atoms with E-state index in [9.17, 15) is 4.79 Å². The van der Waals surface area contributed by atoms with Crippen LogP contribution in [0.25, 0.3) is 11.1 Å². The van der Waals surface area contributed by atoms with Crippen LogP contribution in [0.4, 0.5) is 0 Å². The fourth-order valence-electron chi connectivity index (χ4n) is 4.52. The summed E-state index contributed by atoms with van der Waals surface area (Å²) in [6, 6.07) is 16.7. The van der Waals surface area contributed by atoms with Crippen molar-refractivity contribution < 1.29 is 19.0 Å². The molecule has 0 unspecified atom stereocenters. The normalized spacial score (nSPS) is 21.0. The molecule has 2 aliphatic rings. The number of methoxy groups -OCH3 is 1. The molecule has 0 spiro atoms. The van der Waals surface area contributed by atoms with Crippen LogP contribution in [0.2, 0.25) is 0 Å². The molecule has 2 heterocycles. The third-order valence-electron chi connectivity index (χ3n) is 6.34. The lowest BCUT2D eigenvalue weighted by Gasteiger charge is -2.37. The summed E-state index contributed by atoms with van der Waals surface area (Å²) in [4.78, 5) is 13.3. The van der Waals surface area contributed by atoms with Gasteiger partial charge in [-0.05, 0) is 49.3 Å². The molecule has 0 bridgehead atoms. The minimum Gasteiger partial charge on any atom is -0.496 e. The Morgan fingerprint density at radius 1 is 1.07 bits per heavy atom. The van der Waals surface area contributed by atoms with Crippen molar-refractivity contribution in [3.05, 3.63) is 54.1 Å². The van der Waals surface area contributed by atoms with Crippen molar-refractivity contribution in [2.24, 2.45) is 5.41 Å². The van der Waals surface area contributed by atoms with Crippen molar-refractivity contribution in [1.82, 2.24) is 5.32 Å². The highest BCUT2D eigenvalue weighted by Crippen LogP contribution is 2.36. The minimum atomic E-state index is -0.415. The largest absolute Gasteiger partial charge is 0.496 e. The molecule has 30 heavy (non-hydrogen) atoms. The van der Waals surface area contributed by atoms with Crippen LogP contribution in [-0.4, -0.2) is 45.5 Å². The van der Waals surface area contributed by atoms with E-state index in [1.807, 2.05) is 18.2 Å². The second kappa shape index (κ2) is 9.63. The highest BCUT2D eigenvalue weighted by Gasteiger charge is 2.41. The molecule has 5 heteroatoms. The molecule has 4 rings (SSSR count). The molecule has 2 fully saturated rings. The third kappa shape index (κ3) is 4.68. The molecule has 0 radical (unpaired) electrons. The second-order valence-electron chi connectivity index (χ2n) is 8.35. The van der Waals surface area contributed by atoms with Gasteiger partial charge < -0.3 is 19.5 Å². The molecule has 2 saturated heterocycles. The van der Waals surface area contributed by atoms with E-state index in [2.05, 4.69) is 35.6 Å². The topological polar surface area (TPSA) is 56.8 Å². The predicted octanol–water partition coefficient (Wildman–Crippen LogP) is 4.00. The van der Waals surface area contributed by atoms with E-state index in [1.165, 1.54) is 5.56 Å². The fraction of sp³-hybridized carbons (Fsp3) is 0.480. The fourth-order valence-corrected chi connectivity index (χ4v) is 4.52. The van der Waals surface area contributed by atoms with Gasteiger partial charge in [-0.25, -0.2) is 0 Å². The minimum absolute atomic E-state index is 0.124. The van der Waals surface area contributed by atoms with E-state index < -0.39 is 5.41 Å². The third-order valence-corrected chi connectivity index (χ3v) is 6.34. The molecule has 1 atom stereocenters. The van der Waals surface area contributed by atoms with Gasteiger partial charge in [0, 0.05) is 25.4 Å². The van der Waals surface area contributed by atoms with E-state index in [1.54, 1.807) is 7.11 Å². The number of hydrogen-bond donors (Lipinski definition) is 1. The van der Waals surface area contributed by atoms with Crippen molar-refractivity contribution in [1.29, 1.82) is 0 Å². The highest BCUT2D eigenvalue weighted by atomic mass is 16.5. The van der Waals surface area contributed by atoms with Gasteiger partial charge in [-0.2, -0.15) is 0 Å². The number of rotatable bonds is 6. The van der Waals surface area contributed by atoms with Crippen LogP contribution in [-0.2, 0) is 20.7 Å². The van der Waals surface area contributed by atoms with Gasteiger partial charge in [0.2, 0.25) is 5.91 Å². The number of benzene rings is 2. The number of amides is 1. The number of para-hydroxylation sites is 1. The summed E-state index contributed by atoms with van der Waals surface area (Å²) in [6.45, 7) is 2.68. The Balaban J connectivity index is 1.51. The van der Waals surface area contributed by atoms with E-state index in [-0.39, 0.29) is 11.9 Å². The van der Waals surface area contributed by atoms with E-state index in [4.69, 9.17) is 14.2 Å². The Labute approximate surface area is 178 Å². The molecule has 0 aliphatic carbocycles. The smallest absolute Gasteiger partial charge is 0.227 e. The SMILES string of the molecule is COc1ccccc1-c1ccc(CC2(C(=O)N[C@H]3CCCOC3)CCOCC2)cc1. The molecule has 0 aromatic heterocycles. The van der Waals surface area contributed by atoms with Crippen LogP contribution in [0.15, 0.2) is 48.5 Å². The molecule has 1 N–H and O–H groups in total. The summed E-state index contributed by atoms with van der Waals surface area (Å²) < 4.78 is 16.6. The lowest BCUT2D eigenvalue weighted by atomic mass is 9.74. The highest BCUT2D eigenvalue weighted by molar-refractivity contribution is 5.83. The summed E-state index contributed by atoms with van der Waals surface area (Å²) >= 11 is 0. The zero-order valence-electron chi connectivity index (χ0n) is 17.7. The first-order chi connectivity index (χ1) is 14.7. The molecule has 1 amide bonds. The number of carbonyl (C=O) groups excluding carboxylic acids is 1. The zero-order chi connectivity index (χ0) is 20.8. The van der Waals surface area contributed by atoms with Gasteiger partial charge in [0.25, 0.3) is 0 Å². The second-order valence-corrected chi connectivity index (χ2v) is 8.35. The average Bonchev–Trinajstić information content (AvgIpc) is 2.81. The van der Waals surface area contributed by atoms with Gasteiger partial charge in [-0.15, -0.1) is 0 Å². The van der Waals surface area contributed by atoms with Crippen LogP contribution < -0.4 is 10.1 Å². The molecular formula is C25H31NO4. The van der Waals surface area contributed by atoms with Gasteiger partial charge in [0.05, 0.1) is 25.2 Å². The first-order valence-electron chi connectivity index (χ1n) is 10.9. The van der Waals surface area contributed by atoms with E-state index in [0.717, 1.165) is 55.6 Å². The van der Waals surface area contributed by atoms with Crippen LogP contribution in [0.5, 0.6) is 5.75 Å². The van der Waals surface area contributed by atoms with Gasteiger partial charge in [-0.1, -0.05) is 42.5 Å². The number of carbonyl (C=O) groups is 1. The van der Waals surface area contributed by atoms with Crippen molar-refractivity contribution in [2.45, 2.75) is 38.1 Å². The van der Waals surface area contributed by atoms with Gasteiger partial charge in [0.15, 0.2) is 0 Å². The Morgan fingerprint density at radius 3 is 2.53 bits per heavy atom. The van der Waals surface area contributed by atoms with Crippen molar-refractivity contribution in [3.8, 4) is 16.9 Å². The first-order valence-corrected chi connectivity index (χ1v) is 10.9.